The van der Waals surface area contributed by atoms with Crippen molar-refractivity contribution >= 4 is 0 Å². The molecule has 0 radical (unpaired) electrons. The Labute approximate surface area is 85.7 Å². The maximum Gasteiger partial charge on any atom is 0.0695 e. The van der Waals surface area contributed by atoms with Gasteiger partial charge in [0.1, 0.15) is 0 Å². The summed E-state index contributed by atoms with van der Waals surface area (Å²) < 4.78 is 0. The van der Waals surface area contributed by atoms with Crippen LogP contribution in [-0.2, 0) is 0 Å². The van der Waals surface area contributed by atoms with Crippen molar-refractivity contribution in [1.29, 1.82) is 0 Å². The van der Waals surface area contributed by atoms with Crippen LogP contribution in [-0.4, -0.2) is 46.5 Å². The van der Waals surface area contributed by atoms with Gasteiger partial charge in [0.2, 0.25) is 0 Å². The van der Waals surface area contributed by atoms with E-state index < -0.39 is 0 Å². The molecule has 2 aliphatic rings. The van der Waals surface area contributed by atoms with E-state index in [0.717, 1.165) is 32.2 Å². The highest BCUT2D eigenvalue weighted by Gasteiger charge is 2.35. The largest absolute Gasteiger partial charge is 0.395 e. The first-order valence-electron chi connectivity index (χ1n) is 5.87. The maximum absolute atomic E-state index is 9.92. The van der Waals surface area contributed by atoms with Gasteiger partial charge in [0.15, 0.2) is 0 Å². The van der Waals surface area contributed by atoms with Gasteiger partial charge < -0.3 is 10.2 Å². The van der Waals surface area contributed by atoms with Gasteiger partial charge in [-0.25, -0.2) is 0 Å². The molecule has 3 atom stereocenters. The van der Waals surface area contributed by atoms with Crippen LogP contribution in [0, 0.1) is 0 Å². The SMILES string of the molecule is OC[C@@H]1CCCN1C1CCCCC1O. The average Bonchev–Trinajstić information content (AvgIpc) is 2.66. The molecule has 3 nitrogen and oxygen atoms in total. The molecule has 0 aromatic heterocycles. The molecular weight excluding hydrogens is 178 g/mol. The lowest BCUT2D eigenvalue weighted by Gasteiger charge is -2.38. The molecule has 14 heavy (non-hydrogen) atoms. The highest BCUT2D eigenvalue weighted by molar-refractivity contribution is 4.90. The molecule has 0 spiro atoms. The molecule has 2 fully saturated rings. The Morgan fingerprint density at radius 2 is 1.86 bits per heavy atom. The zero-order valence-electron chi connectivity index (χ0n) is 8.73. The quantitative estimate of drug-likeness (QED) is 0.689. The van der Waals surface area contributed by atoms with Crippen LogP contribution in [0.3, 0.4) is 0 Å². The molecule has 1 aliphatic carbocycles. The molecule has 2 N–H and O–H groups in total. The van der Waals surface area contributed by atoms with E-state index in [0.29, 0.717) is 12.1 Å². The van der Waals surface area contributed by atoms with E-state index in [1.54, 1.807) is 0 Å². The van der Waals surface area contributed by atoms with E-state index in [1.807, 2.05) is 0 Å². The Morgan fingerprint density at radius 1 is 1.07 bits per heavy atom. The van der Waals surface area contributed by atoms with Gasteiger partial charge in [-0.15, -0.1) is 0 Å². The summed E-state index contributed by atoms with van der Waals surface area (Å²) in [6.45, 7) is 1.32. The van der Waals surface area contributed by atoms with Crippen LogP contribution in [0.15, 0.2) is 0 Å². The normalized spacial score (nSPS) is 40.3. The third kappa shape index (κ3) is 1.95. The van der Waals surface area contributed by atoms with Crippen molar-refractivity contribution in [3.63, 3.8) is 0 Å². The van der Waals surface area contributed by atoms with Gasteiger partial charge in [0.05, 0.1) is 12.7 Å². The summed E-state index contributed by atoms with van der Waals surface area (Å²) in [4.78, 5) is 2.34. The molecule has 2 unspecified atom stereocenters. The Bertz CT molecular complexity index is 186. The minimum absolute atomic E-state index is 0.157. The molecule has 0 aromatic rings. The second kappa shape index (κ2) is 4.60. The maximum atomic E-state index is 9.92. The monoisotopic (exact) mass is 199 g/mol. The van der Waals surface area contributed by atoms with E-state index in [9.17, 15) is 10.2 Å². The first kappa shape index (κ1) is 10.4. The topological polar surface area (TPSA) is 43.7 Å². The van der Waals surface area contributed by atoms with Crippen LogP contribution >= 0.6 is 0 Å². The first-order chi connectivity index (χ1) is 6.83. The number of hydrogen-bond acceptors (Lipinski definition) is 3. The van der Waals surface area contributed by atoms with E-state index in [-0.39, 0.29) is 12.7 Å². The van der Waals surface area contributed by atoms with Crippen molar-refractivity contribution in [3.8, 4) is 0 Å². The third-order valence-corrected chi connectivity index (χ3v) is 3.75. The summed E-state index contributed by atoms with van der Waals surface area (Å²) in [5.41, 5.74) is 0. The van der Waals surface area contributed by atoms with Crippen LogP contribution in [0.5, 0.6) is 0 Å². The minimum atomic E-state index is -0.157. The van der Waals surface area contributed by atoms with Crippen molar-refractivity contribution in [2.24, 2.45) is 0 Å². The summed E-state index contributed by atoms with van der Waals surface area (Å²) in [5.74, 6) is 0. The predicted molar refractivity (Wildman–Crippen MR) is 55.1 cm³/mol. The average molecular weight is 199 g/mol. The van der Waals surface area contributed by atoms with Gasteiger partial charge in [-0.3, -0.25) is 4.90 Å². The van der Waals surface area contributed by atoms with Gasteiger partial charge in [-0.2, -0.15) is 0 Å². The van der Waals surface area contributed by atoms with Crippen LogP contribution in [0.4, 0.5) is 0 Å². The van der Waals surface area contributed by atoms with Crippen molar-refractivity contribution in [2.75, 3.05) is 13.2 Å². The molecule has 1 saturated carbocycles. The van der Waals surface area contributed by atoms with Crippen molar-refractivity contribution in [2.45, 2.75) is 56.7 Å². The van der Waals surface area contributed by atoms with Crippen molar-refractivity contribution < 1.29 is 10.2 Å². The molecule has 82 valence electrons. The molecule has 3 heteroatoms. The highest BCUT2D eigenvalue weighted by Crippen LogP contribution is 2.29. The van der Waals surface area contributed by atoms with Gasteiger partial charge >= 0.3 is 0 Å². The smallest absolute Gasteiger partial charge is 0.0695 e. The Kier molecular flexibility index (Phi) is 3.42. The number of hydrogen-bond donors (Lipinski definition) is 2. The van der Waals surface area contributed by atoms with Crippen LogP contribution in [0.1, 0.15) is 38.5 Å². The van der Waals surface area contributed by atoms with E-state index in [2.05, 4.69) is 4.90 Å². The van der Waals surface area contributed by atoms with Gasteiger partial charge in [0, 0.05) is 12.1 Å². The Balaban J connectivity index is 1.97. The lowest BCUT2D eigenvalue weighted by molar-refractivity contribution is 0.00283. The van der Waals surface area contributed by atoms with Crippen LogP contribution in [0.25, 0.3) is 0 Å². The molecule has 2 rings (SSSR count). The summed E-state index contributed by atoms with van der Waals surface area (Å²) >= 11 is 0. The summed E-state index contributed by atoms with van der Waals surface area (Å²) in [6.07, 6.45) is 6.56. The molecule has 1 aliphatic heterocycles. The summed E-state index contributed by atoms with van der Waals surface area (Å²) in [5, 5.41) is 19.1. The fourth-order valence-electron chi connectivity index (χ4n) is 2.97. The van der Waals surface area contributed by atoms with E-state index in [4.69, 9.17) is 0 Å². The third-order valence-electron chi connectivity index (χ3n) is 3.75. The van der Waals surface area contributed by atoms with Gasteiger partial charge in [-0.05, 0) is 32.2 Å². The number of aliphatic hydroxyl groups excluding tert-OH is 2. The fraction of sp³-hybridized carbons (Fsp3) is 1.00. The molecule has 1 heterocycles. The van der Waals surface area contributed by atoms with E-state index in [1.165, 1.54) is 12.8 Å². The Morgan fingerprint density at radius 3 is 2.57 bits per heavy atom. The fourth-order valence-corrected chi connectivity index (χ4v) is 2.97. The molecule has 0 bridgehead atoms. The second-order valence-corrected chi connectivity index (χ2v) is 4.64. The Hall–Kier alpha value is -0.120. The lowest BCUT2D eigenvalue weighted by Crippen LogP contribution is -2.48. The number of nitrogens with zero attached hydrogens (tertiary/aromatic N) is 1. The summed E-state index contributed by atoms with van der Waals surface area (Å²) in [7, 11) is 0. The van der Waals surface area contributed by atoms with Crippen molar-refractivity contribution in [3.05, 3.63) is 0 Å². The van der Waals surface area contributed by atoms with Crippen LogP contribution < -0.4 is 0 Å². The molecule has 0 amide bonds. The first-order valence-corrected chi connectivity index (χ1v) is 5.87. The molecule has 1 saturated heterocycles. The highest BCUT2D eigenvalue weighted by atomic mass is 16.3. The number of rotatable bonds is 2. The van der Waals surface area contributed by atoms with Crippen molar-refractivity contribution in [1.82, 2.24) is 4.90 Å². The minimum Gasteiger partial charge on any atom is -0.395 e. The zero-order valence-corrected chi connectivity index (χ0v) is 8.73. The zero-order chi connectivity index (χ0) is 9.97. The number of likely N-dealkylation sites (tertiary alicyclic amines) is 1. The van der Waals surface area contributed by atoms with Gasteiger partial charge in [-0.1, -0.05) is 12.8 Å². The van der Waals surface area contributed by atoms with E-state index >= 15 is 0 Å². The lowest BCUT2D eigenvalue weighted by atomic mass is 9.91. The summed E-state index contributed by atoms with van der Waals surface area (Å²) in [6, 6.07) is 0.635. The van der Waals surface area contributed by atoms with Crippen LogP contribution in [0.2, 0.25) is 0 Å². The number of aliphatic hydroxyl groups is 2. The molecular formula is C11H21NO2. The van der Waals surface area contributed by atoms with Gasteiger partial charge in [0.25, 0.3) is 0 Å². The molecule has 0 aromatic carbocycles. The standard InChI is InChI=1S/C11H21NO2/c13-8-9-4-3-7-12(9)10-5-1-2-6-11(10)14/h9-11,13-14H,1-8H2/t9-,10?,11?/m0/s1. The second-order valence-electron chi connectivity index (χ2n) is 4.64. The predicted octanol–water partition coefficient (Wildman–Crippen LogP) is 0.747.